The van der Waals surface area contributed by atoms with Crippen molar-refractivity contribution in [1.29, 1.82) is 0 Å². The van der Waals surface area contributed by atoms with E-state index >= 15 is 0 Å². The molecule has 1 aliphatic rings. The van der Waals surface area contributed by atoms with Crippen molar-refractivity contribution < 1.29 is 14.0 Å². The number of hydrogen-bond acceptors (Lipinski definition) is 5. The van der Waals surface area contributed by atoms with Gasteiger partial charge in [-0.1, -0.05) is 6.08 Å². The summed E-state index contributed by atoms with van der Waals surface area (Å²) in [6.07, 6.45) is 2.40. The van der Waals surface area contributed by atoms with Crippen LogP contribution in [0.15, 0.2) is 49.1 Å². The van der Waals surface area contributed by atoms with Crippen LogP contribution in [-0.4, -0.2) is 76.7 Å². The molecule has 8 nitrogen and oxygen atoms in total. The van der Waals surface area contributed by atoms with Gasteiger partial charge in [0.05, 0.1) is 5.69 Å². The van der Waals surface area contributed by atoms with Gasteiger partial charge in [-0.05, 0) is 63.6 Å². The van der Waals surface area contributed by atoms with Gasteiger partial charge in [-0.15, -0.1) is 16.8 Å². The number of carbonyl (C=O) groups is 2. The molecular weight excluding hydrogens is 435 g/mol. The number of halogens is 1. The Bertz CT molecular complexity index is 988. The minimum atomic E-state index is -0.393. The molecule has 1 aliphatic heterocycles. The minimum Gasteiger partial charge on any atom is -0.353 e. The van der Waals surface area contributed by atoms with E-state index in [1.165, 1.54) is 17.0 Å². The molecule has 1 aromatic heterocycles. The molecule has 3 rings (SSSR count). The number of aromatic nitrogens is 2. The fourth-order valence-electron chi connectivity index (χ4n) is 3.70. The van der Waals surface area contributed by atoms with Crippen LogP contribution in [0.2, 0.25) is 0 Å². The number of nitrogens with one attached hydrogen (secondary N) is 1. The second-order valence-corrected chi connectivity index (χ2v) is 9.35. The summed E-state index contributed by atoms with van der Waals surface area (Å²) in [6, 6.07) is 9.62. The highest BCUT2D eigenvalue weighted by Crippen LogP contribution is 2.20. The average Bonchev–Trinajstić information content (AvgIpc) is 3.05. The molecule has 0 spiro atoms. The molecule has 0 radical (unpaired) electrons. The number of rotatable bonds is 6. The first-order valence-corrected chi connectivity index (χ1v) is 11.5. The summed E-state index contributed by atoms with van der Waals surface area (Å²) in [4.78, 5) is 30.9. The lowest BCUT2D eigenvalue weighted by Gasteiger charge is -2.29. The van der Waals surface area contributed by atoms with Crippen molar-refractivity contribution in [2.45, 2.75) is 32.7 Å². The number of anilines is 1. The van der Waals surface area contributed by atoms with Gasteiger partial charge in [0.1, 0.15) is 12.4 Å². The van der Waals surface area contributed by atoms with E-state index in [-0.39, 0.29) is 24.3 Å². The van der Waals surface area contributed by atoms with E-state index in [0.717, 1.165) is 24.3 Å². The Balaban J connectivity index is 1.59. The Labute approximate surface area is 200 Å². The van der Waals surface area contributed by atoms with Crippen molar-refractivity contribution in [3.63, 3.8) is 0 Å². The van der Waals surface area contributed by atoms with Crippen molar-refractivity contribution in [1.82, 2.24) is 25.3 Å². The molecule has 1 N–H and O–H groups in total. The highest BCUT2D eigenvalue weighted by atomic mass is 19.1. The molecule has 1 saturated heterocycles. The van der Waals surface area contributed by atoms with Crippen LogP contribution in [0.1, 0.15) is 27.2 Å². The van der Waals surface area contributed by atoms with Crippen molar-refractivity contribution in [2.75, 3.05) is 44.2 Å². The van der Waals surface area contributed by atoms with E-state index in [0.29, 0.717) is 31.9 Å². The van der Waals surface area contributed by atoms with Crippen molar-refractivity contribution >= 4 is 17.8 Å². The largest absolute Gasteiger partial charge is 0.353 e. The van der Waals surface area contributed by atoms with Crippen molar-refractivity contribution in [3.8, 4) is 11.3 Å². The summed E-state index contributed by atoms with van der Waals surface area (Å²) in [5.74, 6) is 0.350. The molecule has 2 aromatic rings. The topological polar surface area (TPSA) is 81.7 Å². The summed E-state index contributed by atoms with van der Waals surface area (Å²) in [6.45, 7) is 12.2. The highest BCUT2D eigenvalue weighted by molar-refractivity contribution is 5.84. The van der Waals surface area contributed by atoms with Gasteiger partial charge in [0.15, 0.2) is 5.82 Å². The van der Waals surface area contributed by atoms with Gasteiger partial charge >= 0.3 is 6.03 Å². The Morgan fingerprint density at radius 2 is 1.82 bits per heavy atom. The zero-order valence-corrected chi connectivity index (χ0v) is 20.1. The molecule has 0 unspecified atom stereocenters. The van der Waals surface area contributed by atoms with Gasteiger partial charge in [-0.2, -0.15) is 0 Å². The zero-order valence-electron chi connectivity index (χ0n) is 20.1. The summed E-state index contributed by atoms with van der Waals surface area (Å²) < 4.78 is 13.2. The molecule has 0 saturated carbocycles. The lowest BCUT2D eigenvalue weighted by molar-refractivity contribution is -0.131. The van der Waals surface area contributed by atoms with Crippen LogP contribution < -0.4 is 10.2 Å². The molecule has 1 aromatic carbocycles. The summed E-state index contributed by atoms with van der Waals surface area (Å²) in [5, 5.41) is 11.5. The second-order valence-electron chi connectivity index (χ2n) is 9.35. The van der Waals surface area contributed by atoms with E-state index < -0.39 is 5.54 Å². The maximum Gasteiger partial charge on any atom is 0.318 e. The van der Waals surface area contributed by atoms with Crippen LogP contribution in [0, 0.1) is 5.82 Å². The molecule has 2 heterocycles. The van der Waals surface area contributed by atoms with E-state index in [1.54, 1.807) is 23.1 Å². The Hall–Kier alpha value is -3.49. The van der Waals surface area contributed by atoms with Gasteiger partial charge in [0.2, 0.25) is 5.91 Å². The standard InChI is InChI=1S/C25H33FN6O2/c1-5-13-32(24(34)27-25(2,3)4)18-23(33)31-15-6-14-30(16-17-31)22-12-11-21(28-29-22)19-7-9-20(26)10-8-19/h5,7-12H,1,6,13-18H2,2-4H3,(H,27,34). The zero-order chi connectivity index (χ0) is 24.7. The SMILES string of the molecule is C=CCN(CC(=O)N1CCCN(c2ccc(-c3ccc(F)cc3)nn2)CC1)C(=O)NC(C)(C)C. The van der Waals surface area contributed by atoms with E-state index in [4.69, 9.17) is 0 Å². The normalized spacial score (nSPS) is 14.4. The molecule has 1 fully saturated rings. The number of carbonyl (C=O) groups excluding carboxylic acids is 2. The van der Waals surface area contributed by atoms with Crippen LogP contribution in [-0.2, 0) is 4.79 Å². The third-order valence-electron chi connectivity index (χ3n) is 5.41. The van der Waals surface area contributed by atoms with Gasteiger partial charge in [0.25, 0.3) is 0 Å². The summed E-state index contributed by atoms with van der Waals surface area (Å²) in [5.41, 5.74) is 1.08. The maximum atomic E-state index is 13.2. The van der Waals surface area contributed by atoms with Crippen LogP contribution in [0.25, 0.3) is 11.3 Å². The monoisotopic (exact) mass is 468 g/mol. The third-order valence-corrected chi connectivity index (χ3v) is 5.41. The van der Waals surface area contributed by atoms with Crippen LogP contribution in [0.3, 0.4) is 0 Å². The van der Waals surface area contributed by atoms with Gasteiger partial charge in [0, 0.05) is 43.8 Å². The lowest BCUT2D eigenvalue weighted by Crippen LogP contribution is -2.52. The van der Waals surface area contributed by atoms with Crippen LogP contribution in [0.5, 0.6) is 0 Å². The molecule has 34 heavy (non-hydrogen) atoms. The third kappa shape index (κ3) is 7.00. The smallest absolute Gasteiger partial charge is 0.318 e. The number of urea groups is 1. The second kappa shape index (κ2) is 11.1. The molecular formula is C25H33FN6O2. The summed E-state index contributed by atoms with van der Waals surface area (Å²) >= 11 is 0. The molecule has 0 atom stereocenters. The first-order chi connectivity index (χ1) is 16.2. The number of amides is 3. The fraction of sp³-hybridized carbons (Fsp3) is 0.440. The van der Waals surface area contributed by atoms with Gasteiger partial charge in [-0.25, -0.2) is 9.18 Å². The first kappa shape index (κ1) is 25.1. The summed E-state index contributed by atoms with van der Waals surface area (Å²) in [7, 11) is 0. The van der Waals surface area contributed by atoms with E-state index in [9.17, 15) is 14.0 Å². The number of hydrogen-bond donors (Lipinski definition) is 1. The highest BCUT2D eigenvalue weighted by Gasteiger charge is 2.25. The average molecular weight is 469 g/mol. The minimum absolute atomic E-state index is 0.000105. The van der Waals surface area contributed by atoms with Crippen molar-refractivity contribution in [3.05, 3.63) is 54.9 Å². The predicted octanol–water partition coefficient (Wildman–Crippen LogP) is 3.32. The quantitative estimate of drug-likeness (QED) is 0.658. The number of benzene rings is 1. The van der Waals surface area contributed by atoms with E-state index in [1.807, 2.05) is 32.9 Å². The number of nitrogens with zero attached hydrogens (tertiary/aromatic N) is 5. The molecule has 9 heteroatoms. The first-order valence-electron chi connectivity index (χ1n) is 11.5. The van der Waals surface area contributed by atoms with Gasteiger partial charge in [-0.3, -0.25) is 4.79 Å². The molecule has 0 aliphatic carbocycles. The molecule has 0 bridgehead atoms. The Kier molecular flexibility index (Phi) is 8.20. The molecule has 182 valence electrons. The van der Waals surface area contributed by atoms with Gasteiger partial charge < -0.3 is 20.0 Å². The Morgan fingerprint density at radius 3 is 2.44 bits per heavy atom. The Morgan fingerprint density at radius 1 is 1.09 bits per heavy atom. The van der Waals surface area contributed by atoms with Crippen LogP contribution >= 0.6 is 0 Å². The maximum absolute atomic E-state index is 13.2. The van der Waals surface area contributed by atoms with E-state index in [2.05, 4.69) is 27.0 Å². The lowest BCUT2D eigenvalue weighted by atomic mass is 10.1. The van der Waals surface area contributed by atoms with Crippen LogP contribution in [0.4, 0.5) is 15.0 Å². The predicted molar refractivity (Wildman–Crippen MR) is 131 cm³/mol. The fourth-order valence-corrected chi connectivity index (χ4v) is 3.70. The molecule has 3 amide bonds. The van der Waals surface area contributed by atoms with Crippen molar-refractivity contribution in [2.24, 2.45) is 0 Å².